The van der Waals surface area contributed by atoms with Crippen molar-refractivity contribution < 1.29 is 17.9 Å². The molecule has 0 spiro atoms. The summed E-state index contributed by atoms with van der Waals surface area (Å²) in [7, 11) is -3.15. The Hall–Kier alpha value is -1.31. The molecule has 1 atom stereocenters. The van der Waals surface area contributed by atoms with Gasteiger partial charge in [0.05, 0.1) is 11.3 Å². The molecule has 2 aliphatic heterocycles. The lowest BCUT2D eigenvalue weighted by Crippen LogP contribution is -2.41. The average Bonchev–Trinajstić information content (AvgIpc) is 3.01. The first-order valence-electron chi connectivity index (χ1n) is 8.98. The van der Waals surface area contributed by atoms with Gasteiger partial charge >= 0.3 is 0 Å². The Morgan fingerprint density at radius 2 is 1.88 bits per heavy atom. The molecule has 0 N–H and O–H groups in total. The van der Waals surface area contributed by atoms with Crippen molar-refractivity contribution in [3.8, 4) is 5.75 Å². The summed E-state index contributed by atoms with van der Waals surface area (Å²) in [4.78, 5) is 14.5. The summed E-state index contributed by atoms with van der Waals surface area (Å²) in [6.45, 7) is 3.75. The lowest BCUT2D eigenvalue weighted by Gasteiger charge is -2.30. The van der Waals surface area contributed by atoms with Crippen molar-refractivity contribution in [3.63, 3.8) is 0 Å². The number of ether oxygens (including phenoxy) is 1. The Labute approximate surface area is 160 Å². The van der Waals surface area contributed by atoms with E-state index >= 15 is 0 Å². The van der Waals surface area contributed by atoms with Gasteiger partial charge in [-0.3, -0.25) is 4.79 Å². The Bertz CT molecular complexity index is 775. The fourth-order valence-corrected chi connectivity index (χ4v) is 4.69. The number of sulfonamides is 1. The number of hydrogen-bond donors (Lipinski definition) is 0. The van der Waals surface area contributed by atoms with E-state index < -0.39 is 10.0 Å². The summed E-state index contributed by atoms with van der Waals surface area (Å²) in [6, 6.07) is 5.41. The Morgan fingerprint density at radius 1 is 1.19 bits per heavy atom. The maximum atomic E-state index is 12.6. The zero-order valence-corrected chi connectivity index (χ0v) is 16.7. The van der Waals surface area contributed by atoms with Gasteiger partial charge in [0.2, 0.25) is 10.0 Å². The number of benzene rings is 1. The van der Waals surface area contributed by atoms with Crippen molar-refractivity contribution >= 4 is 27.5 Å². The minimum absolute atomic E-state index is 0.00455. The molecule has 2 heterocycles. The molecule has 3 rings (SSSR count). The van der Waals surface area contributed by atoms with Gasteiger partial charge in [-0.15, -0.1) is 0 Å². The van der Waals surface area contributed by atoms with E-state index in [4.69, 9.17) is 16.3 Å². The predicted octanol–water partition coefficient (Wildman–Crippen LogP) is 2.77. The number of carbonyl (C=O) groups excluding carboxylic acids is 1. The highest BCUT2D eigenvalue weighted by atomic mass is 35.5. The van der Waals surface area contributed by atoms with Gasteiger partial charge in [-0.05, 0) is 50.8 Å². The third-order valence-electron chi connectivity index (χ3n) is 5.16. The van der Waals surface area contributed by atoms with Crippen LogP contribution in [0.2, 0.25) is 5.02 Å². The molecule has 6 nitrogen and oxygen atoms in total. The van der Waals surface area contributed by atoms with E-state index in [2.05, 4.69) is 6.92 Å². The summed E-state index contributed by atoms with van der Waals surface area (Å²) in [5.74, 6) is 0.542. The second-order valence-electron chi connectivity index (χ2n) is 7.11. The first kappa shape index (κ1) is 19.5. The molecule has 0 radical (unpaired) electrons. The van der Waals surface area contributed by atoms with Gasteiger partial charge in [0, 0.05) is 31.2 Å². The van der Waals surface area contributed by atoms with Gasteiger partial charge in [-0.1, -0.05) is 11.6 Å². The summed E-state index contributed by atoms with van der Waals surface area (Å²) in [5, 5.41) is 0.410. The van der Waals surface area contributed by atoms with Crippen LogP contribution in [-0.2, 0) is 10.0 Å². The molecule has 1 aromatic carbocycles. The number of halogens is 1. The summed E-state index contributed by atoms with van der Waals surface area (Å²) in [5.41, 5.74) is 0.572. The molecular formula is C18H25ClN2O4S. The molecule has 1 aromatic rings. The van der Waals surface area contributed by atoms with E-state index in [0.29, 0.717) is 42.3 Å². The van der Waals surface area contributed by atoms with Crippen molar-refractivity contribution in [3.05, 3.63) is 28.8 Å². The van der Waals surface area contributed by atoms with Crippen molar-refractivity contribution in [2.45, 2.75) is 44.8 Å². The van der Waals surface area contributed by atoms with Crippen LogP contribution in [0.5, 0.6) is 5.75 Å². The monoisotopic (exact) mass is 400 g/mol. The molecule has 1 unspecified atom stereocenters. The summed E-state index contributed by atoms with van der Waals surface area (Å²) in [6.07, 6.45) is 4.46. The van der Waals surface area contributed by atoms with Gasteiger partial charge in [0.15, 0.2) is 0 Å². The molecule has 0 aromatic heterocycles. The number of amides is 1. The van der Waals surface area contributed by atoms with E-state index in [0.717, 1.165) is 19.4 Å². The molecule has 2 saturated heterocycles. The normalized spacial score (nSPS) is 22.6. The molecule has 2 aliphatic rings. The van der Waals surface area contributed by atoms with Crippen LogP contribution in [0.3, 0.4) is 0 Å². The number of piperidine rings is 1. The lowest BCUT2D eigenvalue weighted by molar-refractivity contribution is 0.0747. The van der Waals surface area contributed by atoms with Crippen LogP contribution < -0.4 is 4.74 Å². The molecule has 0 aliphatic carbocycles. The zero-order chi connectivity index (χ0) is 18.9. The molecule has 2 fully saturated rings. The molecule has 0 saturated carbocycles. The Kier molecular flexibility index (Phi) is 5.79. The van der Waals surface area contributed by atoms with Gasteiger partial charge in [-0.2, -0.15) is 0 Å². The van der Waals surface area contributed by atoms with Gasteiger partial charge < -0.3 is 9.64 Å². The largest absolute Gasteiger partial charge is 0.489 e. The Morgan fingerprint density at radius 3 is 2.42 bits per heavy atom. The maximum Gasteiger partial charge on any atom is 0.254 e. The fraction of sp³-hybridized carbons (Fsp3) is 0.611. The predicted molar refractivity (Wildman–Crippen MR) is 101 cm³/mol. The smallest absolute Gasteiger partial charge is 0.254 e. The van der Waals surface area contributed by atoms with E-state index in [-0.39, 0.29) is 18.1 Å². The minimum Gasteiger partial charge on any atom is -0.489 e. The van der Waals surface area contributed by atoms with Gasteiger partial charge in [0.25, 0.3) is 5.91 Å². The number of likely N-dealkylation sites (tertiary alicyclic amines) is 1. The van der Waals surface area contributed by atoms with E-state index in [1.165, 1.54) is 10.6 Å². The fourth-order valence-electron chi connectivity index (χ4n) is 3.59. The van der Waals surface area contributed by atoms with Crippen molar-refractivity contribution in [1.29, 1.82) is 0 Å². The van der Waals surface area contributed by atoms with Gasteiger partial charge in [-0.25, -0.2) is 12.7 Å². The third kappa shape index (κ3) is 4.32. The van der Waals surface area contributed by atoms with E-state index in [9.17, 15) is 13.2 Å². The van der Waals surface area contributed by atoms with Crippen LogP contribution in [0.4, 0.5) is 0 Å². The highest BCUT2D eigenvalue weighted by molar-refractivity contribution is 7.88. The van der Waals surface area contributed by atoms with Crippen molar-refractivity contribution in [2.75, 3.05) is 25.9 Å². The van der Waals surface area contributed by atoms with Crippen molar-refractivity contribution in [2.24, 2.45) is 0 Å². The molecule has 1 amide bonds. The Balaban J connectivity index is 1.63. The zero-order valence-electron chi connectivity index (χ0n) is 15.2. The first-order chi connectivity index (χ1) is 12.3. The standard InChI is InChI=1S/C18H25ClN2O4S/c1-13-4-3-9-21(13)18(22)14-5-6-17(16(19)12-14)25-15-7-10-20(11-8-15)26(2,23)24/h5-6,12-13,15H,3-4,7-11H2,1-2H3. The highest BCUT2D eigenvalue weighted by Crippen LogP contribution is 2.30. The van der Waals surface area contributed by atoms with Crippen LogP contribution in [0.1, 0.15) is 43.0 Å². The van der Waals surface area contributed by atoms with E-state index in [1.807, 2.05) is 4.90 Å². The van der Waals surface area contributed by atoms with Crippen LogP contribution in [0.15, 0.2) is 18.2 Å². The van der Waals surface area contributed by atoms with Crippen LogP contribution in [0, 0.1) is 0 Å². The second-order valence-corrected chi connectivity index (χ2v) is 9.50. The molecular weight excluding hydrogens is 376 g/mol. The van der Waals surface area contributed by atoms with Crippen LogP contribution in [-0.4, -0.2) is 61.6 Å². The van der Waals surface area contributed by atoms with Crippen molar-refractivity contribution in [1.82, 2.24) is 9.21 Å². The first-order valence-corrected chi connectivity index (χ1v) is 11.2. The summed E-state index contributed by atoms with van der Waals surface area (Å²) >= 11 is 6.33. The second kappa shape index (κ2) is 7.74. The lowest BCUT2D eigenvalue weighted by atomic mass is 10.1. The molecule has 8 heteroatoms. The summed E-state index contributed by atoms with van der Waals surface area (Å²) < 4.78 is 30.5. The maximum absolute atomic E-state index is 12.6. The minimum atomic E-state index is -3.15. The number of nitrogens with zero attached hydrogens (tertiary/aromatic N) is 2. The molecule has 144 valence electrons. The van der Waals surface area contributed by atoms with Gasteiger partial charge in [0.1, 0.15) is 11.9 Å². The highest BCUT2D eigenvalue weighted by Gasteiger charge is 2.28. The third-order valence-corrected chi connectivity index (χ3v) is 6.75. The number of carbonyl (C=O) groups is 1. The number of hydrogen-bond acceptors (Lipinski definition) is 4. The molecule has 26 heavy (non-hydrogen) atoms. The number of rotatable bonds is 4. The van der Waals surface area contributed by atoms with Crippen LogP contribution >= 0.6 is 11.6 Å². The quantitative estimate of drug-likeness (QED) is 0.779. The van der Waals surface area contributed by atoms with Crippen LogP contribution in [0.25, 0.3) is 0 Å². The molecule has 0 bridgehead atoms. The SMILES string of the molecule is CC1CCCN1C(=O)c1ccc(OC2CCN(S(C)(=O)=O)CC2)c(Cl)c1. The topological polar surface area (TPSA) is 66.9 Å². The van der Waals surface area contributed by atoms with E-state index in [1.54, 1.807) is 18.2 Å². The average molecular weight is 401 g/mol.